The predicted molar refractivity (Wildman–Crippen MR) is 79.3 cm³/mol. The number of benzene rings is 1. The molecule has 0 fully saturated rings. The number of hydrogen-bond acceptors (Lipinski definition) is 4. The van der Waals surface area contributed by atoms with Gasteiger partial charge >= 0.3 is 0 Å². The summed E-state index contributed by atoms with van der Waals surface area (Å²) in [7, 11) is 6.77. The highest BCUT2D eigenvalue weighted by Gasteiger charge is 2.10. The van der Waals surface area contributed by atoms with Gasteiger partial charge in [0.25, 0.3) is 0 Å². The molecule has 0 aliphatic heterocycles. The highest BCUT2D eigenvalue weighted by atomic mass is 16.5. The fourth-order valence-corrected chi connectivity index (χ4v) is 1.86. The first-order valence-corrected chi connectivity index (χ1v) is 6.65. The molecule has 0 saturated heterocycles. The van der Waals surface area contributed by atoms with Crippen LogP contribution >= 0.6 is 0 Å². The molecule has 1 aromatic rings. The number of ether oxygens (including phenoxy) is 2. The molecule has 0 bridgehead atoms. The van der Waals surface area contributed by atoms with Crippen LogP contribution in [0.15, 0.2) is 18.2 Å². The third-order valence-electron chi connectivity index (χ3n) is 3.20. The van der Waals surface area contributed by atoms with Crippen molar-refractivity contribution in [3.8, 4) is 11.5 Å². The van der Waals surface area contributed by atoms with Gasteiger partial charge in [0.1, 0.15) is 0 Å². The summed E-state index contributed by atoms with van der Waals surface area (Å²) >= 11 is 0. The van der Waals surface area contributed by atoms with Gasteiger partial charge in [-0.15, -0.1) is 0 Å². The van der Waals surface area contributed by atoms with Crippen molar-refractivity contribution in [3.05, 3.63) is 23.8 Å². The Morgan fingerprint density at radius 2 is 1.90 bits per heavy atom. The molecule has 0 aromatic heterocycles. The van der Waals surface area contributed by atoms with E-state index in [1.54, 1.807) is 33.2 Å². The lowest BCUT2D eigenvalue weighted by Gasteiger charge is -2.17. The van der Waals surface area contributed by atoms with Crippen molar-refractivity contribution in [2.75, 3.05) is 34.9 Å². The van der Waals surface area contributed by atoms with Gasteiger partial charge in [-0.05, 0) is 24.6 Å². The van der Waals surface area contributed by atoms with Crippen molar-refractivity contribution in [2.24, 2.45) is 0 Å². The lowest BCUT2D eigenvalue weighted by molar-refractivity contribution is -0.128. The fraction of sp³-hybridized carbons (Fsp3) is 0.533. The van der Waals surface area contributed by atoms with Crippen LogP contribution in [0.25, 0.3) is 0 Å². The summed E-state index contributed by atoms with van der Waals surface area (Å²) in [6.45, 7) is 2.70. The van der Waals surface area contributed by atoms with E-state index in [1.165, 1.54) is 0 Å². The third-order valence-corrected chi connectivity index (χ3v) is 3.20. The number of nitrogens with zero attached hydrogens (tertiary/aromatic N) is 1. The zero-order valence-corrected chi connectivity index (χ0v) is 12.9. The summed E-state index contributed by atoms with van der Waals surface area (Å²) in [4.78, 5) is 13.1. The molecule has 0 aliphatic carbocycles. The average molecular weight is 280 g/mol. The molecule has 0 spiro atoms. The average Bonchev–Trinajstić information content (AvgIpc) is 2.45. The molecule has 0 radical (unpaired) electrons. The van der Waals surface area contributed by atoms with Crippen molar-refractivity contribution in [2.45, 2.75) is 19.4 Å². The SMILES string of the molecule is COc1ccc(C(C)NCCC(=O)N(C)C)cc1OC. The monoisotopic (exact) mass is 280 g/mol. The first-order chi connectivity index (χ1) is 9.49. The number of carbonyl (C=O) groups is 1. The Kier molecular flexibility index (Phi) is 6.31. The minimum atomic E-state index is 0.122. The Hall–Kier alpha value is -1.75. The molecule has 5 heteroatoms. The minimum absolute atomic E-state index is 0.122. The highest BCUT2D eigenvalue weighted by Crippen LogP contribution is 2.29. The van der Waals surface area contributed by atoms with Crippen LogP contribution in [0.5, 0.6) is 11.5 Å². The van der Waals surface area contributed by atoms with Gasteiger partial charge in [-0.2, -0.15) is 0 Å². The highest BCUT2D eigenvalue weighted by molar-refractivity contribution is 5.75. The number of carbonyl (C=O) groups excluding carboxylic acids is 1. The van der Waals surface area contributed by atoms with Gasteiger partial charge in [0.05, 0.1) is 14.2 Å². The quantitative estimate of drug-likeness (QED) is 0.828. The number of hydrogen-bond donors (Lipinski definition) is 1. The van der Waals surface area contributed by atoms with Crippen molar-refractivity contribution < 1.29 is 14.3 Å². The molecule has 1 atom stereocenters. The maximum Gasteiger partial charge on any atom is 0.223 e. The molecule has 0 aliphatic rings. The Morgan fingerprint density at radius 1 is 1.25 bits per heavy atom. The largest absolute Gasteiger partial charge is 0.493 e. The molecule has 1 unspecified atom stereocenters. The topological polar surface area (TPSA) is 50.8 Å². The zero-order chi connectivity index (χ0) is 15.1. The van der Waals surface area contributed by atoms with Crippen LogP contribution in [0.3, 0.4) is 0 Å². The molecule has 0 saturated carbocycles. The molecule has 1 N–H and O–H groups in total. The molecule has 112 valence electrons. The van der Waals surface area contributed by atoms with Crippen LogP contribution in [0.1, 0.15) is 24.9 Å². The van der Waals surface area contributed by atoms with E-state index in [0.29, 0.717) is 24.5 Å². The van der Waals surface area contributed by atoms with Crippen molar-refractivity contribution >= 4 is 5.91 Å². The summed E-state index contributed by atoms with van der Waals surface area (Å²) in [6.07, 6.45) is 0.491. The van der Waals surface area contributed by atoms with Crippen LogP contribution in [-0.4, -0.2) is 45.7 Å². The number of amides is 1. The second-order valence-corrected chi connectivity index (χ2v) is 4.83. The Balaban J connectivity index is 2.59. The standard InChI is InChI=1S/C15H24N2O3/c1-11(16-9-8-15(18)17(2)3)12-6-7-13(19-4)14(10-12)20-5/h6-7,10-11,16H,8-9H2,1-5H3. The molecule has 1 rings (SSSR count). The number of rotatable bonds is 7. The van der Waals surface area contributed by atoms with Gasteiger partial charge < -0.3 is 19.7 Å². The van der Waals surface area contributed by atoms with Gasteiger partial charge in [-0.25, -0.2) is 0 Å². The van der Waals surface area contributed by atoms with Crippen molar-refractivity contribution in [1.29, 1.82) is 0 Å². The summed E-state index contributed by atoms with van der Waals surface area (Å²) in [5.74, 6) is 1.55. The second-order valence-electron chi connectivity index (χ2n) is 4.83. The molecule has 1 aromatic carbocycles. The first kappa shape index (κ1) is 16.3. The second kappa shape index (κ2) is 7.75. The van der Waals surface area contributed by atoms with E-state index in [-0.39, 0.29) is 11.9 Å². The lowest BCUT2D eigenvalue weighted by Crippen LogP contribution is -2.28. The van der Waals surface area contributed by atoms with Crippen LogP contribution in [0.4, 0.5) is 0 Å². The van der Waals surface area contributed by atoms with Crippen LogP contribution in [0.2, 0.25) is 0 Å². The van der Waals surface area contributed by atoms with Gasteiger partial charge in [-0.1, -0.05) is 6.07 Å². The summed E-state index contributed by atoms with van der Waals surface area (Å²) in [6, 6.07) is 5.97. The lowest BCUT2D eigenvalue weighted by atomic mass is 10.1. The number of nitrogens with one attached hydrogen (secondary N) is 1. The predicted octanol–water partition coefficient (Wildman–Crippen LogP) is 1.83. The molecule has 5 nitrogen and oxygen atoms in total. The van der Waals surface area contributed by atoms with E-state index in [2.05, 4.69) is 12.2 Å². The maximum absolute atomic E-state index is 11.5. The molecule has 0 heterocycles. The van der Waals surface area contributed by atoms with Crippen molar-refractivity contribution in [3.63, 3.8) is 0 Å². The molecular formula is C15H24N2O3. The number of methoxy groups -OCH3 is 2. The zero-order valence-electron chi connectivity index (χ0n) is 12.9. The maximum atomic E-state index is 11.5. The van der Waals surface area contributed by atoms with Gasteiger partial charge in [0.15, 0.2) is 11.5 Å². The molecule has 1 amide bonds. The van der Waals surface area contributed by atoms with E-state index in [4.69, 9.17) is 9.47 Å². The van der Waals surface area contributed by atoms with E-state index in [9.17, 15) is 4.79 Å². The third kappa shape index (κ3) is 4.42. The molecule has 20 heavy (non-hydrogen) atoms. The molecular weight excluding hydrogens is 256 g/mol. The van der Waals surface area contributed by atoms with Crippen molar-refractivity contribution in [1.82, 2.24) is 10.2 Å². The van der Waals surface area contributed by atoms with E-state index < -0.39 is 0 Å². The van der Waals surface area contributed by atoms with E-state index in [0.717, 1.165) is 5.56 Å². The Labute approximate surface area is 120 Å². The van der Waals surface area contributed by atoms with Gasteiger partial charge in [-0.3, -0.25) is 4.79 Å². The van der Waals surface area contributed by atoms with Crippen LogP contribution < -0.4 is 14.8 Å². The van der Waals surface area contributed by atoms with Crippen LogP contribution in [0, 0.1) is 0 Å². The Morgan fingerprint density at radius 3 is 2.45 bits per heavy atom. The van der Waals surface area contributed by atoms with Gasteiger partial charge in [0, 0.05) is 33.1 Å². The summed E-state index contributed by atoms with van der Waals surface area (Å²) < 4.78 is 10.5. The summed E-state index contributed by atoms with van der Waals surface area (Å²) in [5.41, 5.74) is 1.10. The van der Waals surface area contributed by atoms with E-state index in [1.807, 2.05) is 18.2 Å². The normalized spacial score (nSPS) is 11.8. The first-order valence-electron chi connectivity index (χ1n) is 6.65. The van der Waals surface area contributed by atoms with E-state index >= 15 is 0 Å². The van der Waals surface area contributed by atoms with Gasteiger partial charge in [0.2, 0.25) is 5.91 Å². The Bertz CT molecular complexity index is 447. The minimum Gasteiger partial charge on any atom is -0.493 e. The summed E-state index contributed by atoms with van der Waals surface area (Å²) in [5, 5.41) is 3.33. The van der Waals surface area contributed by atoms with Crippen LogP contribution in [-0.2, 0) is 4.79 Å². The fourth-order valence-electron chi connectivity index (χ4n) is 1.86. The smallest absolute Gasteiger partial charge is 0.223 e.